The molecule has 2 unspecified atom stereocenters. The van der Waals surface area contributed by atoms with Gasteiger partial charge in [-0.2, -0.15) is 0 Å². The number of nitrogens with one attached hydrogen (secondary N) is 1. The van der Waals surface area contributed by atoms with Gasteiger partial charge in [-0.25, -0.2) is 0 Å². The SMILES string of the molecule is C=C/C=C/C1CCCC(C(C)=O)N1. The van der Waals surface area contributed by atoms with E-state index in [2.05, 4.69) is 18.0 Å². The van der Waals surface area contributed by atoms with E-state index >= 15 is 0 Å². The zero-order valence-corrected chi connectivity index (χ0v) is 8.12. The lowest BCUT2D eigenvalue weighted by atomic mass is 9.96. The van der Waals surface area contributed by atoms with Crippen LogP contribution in [-0.4, -0.2) is 17.9 Å². The first-order valence-corrected chi connectivity index (χ1v) is 4.79. The van der Waals surface area contributed by atoms with E-state index in [1.54, 1.807) is 13.0 Å². The molecule has 0 aromatic rings. The molecule has 0 aromatic heterocycles. The Morgan fingerprint density at radius 2 is 2.31 bits per heavy atom. The van der Waals surface area contributed by atoms with Gasteiger partial charge in [-0.15, -0.1) is 0 Å². The maximum Gasteiger partial charge on any atom is 0.146 e. The number of hydrogen-bond donors (Lipinski definition) is 1. The van der Waals surface area contributed by atoms with Gasteiger partial charge in [0.2, 0.25) is 0 Å². The highest BCUT2D eigenvalue weighted by Gasteiger charge is 2.21. The van der Waals surface area contributed by atoms with Crippen LogP contribution in [0.4, 0.5) is 0 Å². The number of Topliss-reactive ketones (excluding diaryl/α,β-unsaturated/α-hetero) is 1. The number of ketones is 1. The number of piperidine rings is 1. The molecular formula is C11H17NO. The summed E-state index contributed by atoms with van der Waals surface area (Å²) in [6, 6.07) is 0.411. The average molecular weight is 179 g/mol. The van der Waals surface area contributed by atoms with Crippen LogP contribution in [0.1, 0.15) is 26.2 Å². The molecule has 1 heterocycles. The topological polar surface area (TPSA) is 29.1 Å². The summed E-state index contributed by atoms with van der Waals surface area (Å²) >= 11 is 0. The maximum absolute atomic E-state index is 11.1. The average Bonchev–Trinajstić information content (AvgIpc) is 2.15. The fourth-order valence-corrected chi connectivity index (χ4v) is 1.65. The van der Waals surface area contributed by atoms with Crippen molar-refractivity contribution in [1.82, 2.24) is 5.32 Å². The number of hydrogen-bond acceptors (Lipinski definition) is 2. The predicted octanol–water partition coefficient (Wildman–Crippen LogP) is 1.83. The van der Waals surface area contributed by atoms with Crippen molar-refractivity contribution in [1.29, 1.82) is 0 Å². The number of carbonyl (C=O) groups excluding carboxylic acids is 1. The Balaban J connectivity index is 2.46. The van der Waals surface area contributed by atoms with Gasteiger partial charge in [0.25, 0.3) is 0 Å². The van der Waals surface area contributed by atoms with Crippen LogP contribution in [0.25, 0.3) is 0 Å². The van der Waals surface area contributed by atoms with Crippen LogP contribution in [-0.2, 0) is 4.79 Å². The molecule has 0 bridgehead atoms. The smallest absolute Gasteiger partial charge is 0.146 e. The molecule has 1 N–H and O–H groups in total. The van der Waals surface area contributed by atoms with Crippen LogP contribution in [0, 0.1) is 0 Å². The maximum atomic E-state index is 11.1. The van der Waals surface area contributed by atoms with E-state index in [1.807, 2.05) is 6.08 Å². The molecule has 2 atom stereocenters. The lowest BCUT2D eigenvalue weighted by Gasteiger charge is -2.27. The summed E-state index contributed by atoms with van der Waals surface area (Å²) in [5.41, 5.74) is 0. The quantitative estimate of drug-likeness (QED) is 0.670. The highest BCUT2D eigenvalue weighted by atomic mass is 16.1. The summed E-state index contributed by atoms with van der Waals surface area (Å²) in [4.78, 5) is 11.1. The fourth-order valence-electron chi connectivity index (χ4n) is 1.65. The summed E-state index contributed by atoms with van der Waals surface area (Å²) in [5.74, 6) is 0.247. The van der Waals surface area contributed by atoms with E-state index in [-0.39, 0.29) is 11.8 Å². The summed E-state index contributed by atoms with van der Waals surface area (Å²) in [5, 5.41) is 3.30. The molecule has 1 fully saturated rings. The fraction of sp³-hybridized carbons (Fsp3) is 0.545. The summed E-state index contributed by atoms with van der Waals surface area (Å²) in [7, 11) is 0. The van der Waals surface area contributed by atoms with Gasteiger partial charge in [0.1, 0.15) is 5.78 Å². The molecule has 0 aliphatic carbocycles. The van der Waals surface area contributed by atoms with Gasteiger partial charge in [-0.05, 0) is 26.2 Å². The molecule has 1 saturated heterocycles. The largest absolute Gasteiger partial charge is 0.301 e. The molecule has 2 nitrogen and oxygen atoms in total. The first-order chi connectivity index (χ1) is 6.24. The van der Waals surface area contributed by atoms with Crippen molar-refractivity contribution in [3.05, 3.63) is 24.8 Å². The lowest BCUT2D eigenvalue weighted by molar-refractivity contribution is -0.119. The Hall–Kier alpha value is -0.890. The van der Waals surface area contributed by atoms with Gasteiger partial charge in [0.15, 0.2) is 0 Å². The van der Waals surface area contributed by atoms with Gasteiger partial charge in [0.05, 0.1) is 6.04 Å². The van der Waals surface area contributed by atoms with Crippen molar-refractivity contribution in [3.8, 4) is 0 Å². The van der Waals surface area contributed by atoms with Crippen LogP contribution in [0.5, 0.6) is 0 Å². The van der Waals surface area contributed by atoms with Crippen LogP contribution >= 0.6 is 0 Å². The molecule has 0 aromatic carbocycles. The van der Waals surface area contributed by atoms with Crippen LogP contribution in [0.3, 0.4) is 0 Å². The van der Waals surface area contributed by atoms with Gasteiger partial charge in [-0.3, -0.25) is 4.79 Å². The molecule has 13 heavy (non-hydrogen) atoms. The van der Waals surface area contributed by atoms with E-state index in [0.29, 0.717) is 6.04 Å². The summed E-state index contributed by atoms with van der Waals surface area (Å²) in [6.07, 6.45) is 8.99. The van der Waals surface area contributed by atoms with Crippen LogP contribution in [0.2, 0.25) is 0 Å². The van der Waals surface area contributed by atoms with Crippen LogP contribution in [0.15, 0.2) is 24.8 Å². The van der Waals surface area contributed by atoms with Crippen molar-refractivity contribution in [2.24, 2.45) is 0 Å². The third-order valence-electron chi connectivity index (χ3n) is 2.39. The third kappa shape index (κ3) is 3.15. The van der Waals surface area contributed by atoms with E-state index < -0.39 is 0 Å². The molecule has 1 rings (SSSR count). The van der Waals surface area contributed by atoms with E-state index in [1.165, 1.54) is 0 Å². The van der Waals surface area contributed by atoms with E-state index in [9.17, 15) is 4.79 Å². The van der Waals surface area contributed by atoms with E-state index in [4.69, 9.17) is 0 Å². The van der Waals surface area contributed by atoms with Crippen molar-refractivity contribution in [2.45, 2.75) is 38.3 Å². The molecule has 2 heteroatoms. The molecule has 0 radical (unpaired) electrons. The normalized spacial score (nSPS) is 29.0. The van der Waals surface area contributed by atoms with E-state index in [0.717, 1.165) is 19.3 Å². The lowest BCUT2D eigenvalue weighted by Crippen LogP contribution is -2.44. The predicted molar refractivity (Wildman–Crippen MR) is 54.6 cm³/mol. The number of rotatable bonds is 3. The minimum Gasteiger partial charge on any atom is -0.301 e. The first kappa shape index (κ1) is 10.2. The Labute approximate surface area is 79.7 Å². The van der Waals surface area contributed by atoms with Gasteiger partial charge in [0, 0.05) is 6.04 Å². The molecule has 1 aliphatic heterocycles. The first-order valence-electron chi connectivity index (χ1n) is 4.79. The number of allylic oxidation sites excluding steroid dienone is 2. The monoisotopic (exact) mass is 179 g/mol. The molecule has 72 valence electrons. The second kappa shape index (κ2) is 4.97. The standard InChI is InChI=1S/C11H17NO/c1-3-4-6-10-7-5-8-11(12-10)9(2)13/h3-4,6,10-12H,1,5,7-8H2,2H3/b6-4+. The molecule has 0 saturated carbocycles. The summed E-state index contributed by atoms with van der Waals surface area (Å²) < 4.78 is 0. The zero-order chi connectivity index (χ0) is 9.68. The van der Waals surface area contributed by atoms with Gasteiger partial charge in [-0.1, -0.05) is 24.8 Å². The minimum atomic E-state index is 0.0632. The highest BCUT2D eigenvalue weighted by Crippen LogP contribution is 2.14. The van der Waals surface area contributed by atoms with Crippen molar-refractivity contribution >= 4 is 5.78 Å². The third-order valence-corrected chi connectivity index (χ3v) is 2.39. The van der Waals surface area contributed by atoms with Crippen molar-refractivity contribution in [2.75, 3.05) is 0 Å². The second-order valence-corrected chi connectivity index (χ2v) is 3.49. The Morgan fingerprint density at radius 1 is 1.54 bits per heavy atom. The van der Waals surface area contributed by atoms with Crippen LogP contribution < -0.4 is 5.32 Å². The van der Waals surface area contributed by atoms with Gasteiger partial charge >= 0.3 is 0 Å². The highest BCUT2D eigenvalue weighted by molar-refractivity contribution is 5.81. The second-order valence-electron chi connectivity index (χ2n) is 3.49. The molecule has 0 amide bonds. The molecular weight excluding hydrogens is 162 g/mol. The van der Waals surface area contributed by atoms with Crippen molar-refractivity contribution in [3.63, 3.8) is 0 Å². The zero-order valence-electron chi connectivity index (χ0n) is 8.12. The Bertz CT molecular complexity index is 220. The van der Waals surface area contributed by atoms with Gasteiger partial charge < -0.3 is 5.32 Å². The number of carbonyl (C=O) groups is 1. The molecule has 1 aliphatic rings. The molecule has 0 spiro atoms. The Kier molecular flexibility index (Phi) is 3.90. The summed E-state index contributed by atoms with van der Waals surface area (Å²) in [6.45, 7) is 5.27. The Morgan fingerprint density at radius 3 is 2.92 bits per heavy atom. The van der Waals surface area contributed by atoms with Crippen molar-refractivity contribution < 1.29 is 4.79 Å². The minimum absolute atomic E-state index is 0.0632.